The number of hydrogen-bond donors (Lipinski definition) is 0. The Morgan fingerprint density at radius 2 is 1.92 bits per heavy atom. The highest BCUT2D eigenvalue weighted by Crippen LogP contribution is 2.06. The molecule has 0 fully saturated rings. The lowest BCUT2D eigenvalue weighted by atomic mass is 10.1. The minimum Gasteiger partial charge on any atom is -0.285 e. The molecule has 0 aliphatic carbocycles. The third kappa shape index (κ3) is 7.52. The Morgan fingerprint density at radius 3 is 2.50 bits per heavy atom. The van der Waals surface area contributed by atoms with Crippen molar-refractivity contribution in [2.45, 2.75) is 52.4 Å². The fourth-order valence-electron chi connectivity index (χ4n) is 1.11. The van der Waals surface area contributed by atoms with Crippen molar-refractivity contribution in [3.8, 4) is 0 Å². The quantitative estimate of drug-likeness (QED) is 0.419. The third-order valence-electron chi connectivity index (χ3n) is 1.92. The zero-order chi connectivity index (χ0) is 9.23. The van der Waals surface area contributed by atoms with E-state index in [-0.39, 0.29) is 0 Å². The van der Waals surface area contributed by atoms with Gasteiger partial charge in [-0.1, -0.05) is 38.7 Å². The first-order valence-electron chi connectivity index (χ1n) is 4.86. The molecule has 0 heterocycles. The first-order valence-corrected chi connectivity index (χ1v) is 4.86. The van der Waals surface area contributed by atoms with Gasteiger partial charge in [0.1, 0.15) is 0 Å². The van der Waals surface area contributed by atoms with Gasteiger partial charge in [0.25, 0.3) is 0 Å². The number of allylic oxidation sites excluding steroid dienone is 2. The number of hydrogen-bond acceptors (Lipinski definition) is 1. The lowest BCUT2D eigenvalue weighted by Gasteiger charge is -1.96. The minimum atomic E-state index is 0.741. The van der Waals surface area contributed by atoms with Crippen LogP contribution in [-0.2, 0) is 4.79 Å². The molecule has 0 aromatic rings. The Labute approximate surface area is 75.9 Å². The molecule has 0 unspecified atom stereocenters. The van der Waals surface area contributed by atoms with Gasteiger partial charge in [-0.2, -0.15) is 0 Å². The molecule has 0 amide bonds. The van der Waals surface area contributed by atoms with Gasteiger partial charge in [0.2, 0.25) is 6.29 Å². The minimum absolute atomic E-state index is 0.741. The topological polar surface area (TPSA) is 17.1 Å². The van der Waals surface area contributed by atoms with E-state index in [1.54, 1.807) is 6.92 Å². The molecule has 69 valence electrons. The summed E-state index contributed by atoms with van der Waals surface area (Å²) in [5.74, 6) is 0. The van der Waals surface area contributed by atoms with E-state index < -0.39 is 0 Å². The summed E-state index contributed by atoms with van der Waals surface area (Å²) in [5, 5.41) is 0. The standard InChI is InChI=1S/C11H19O/c1-3-4-5-6-7-8-9-11(2)10-12/h9H,3-8H2,1-2H3. The summed E-state index contributed by atoms with van der Waals surface area (Å²) in [5.41, 5.74) is 0.741. The predicted molar refractivity (Wildman–Crippen MR) is 52.8 cm³/mol. The zero-order valence-electron chi connectivity index (χ0n) is 8.23. The average Bonchev–Trinajstić information content (AvgIpc) is 2.10. The molecule has 0 N–H and O–H groups in total. The van der Waals surface area contributed by atoms with E-state index in [1.807, 2.05) is 12.4 Å². The van der Waals surface area contributed by atoms with Crippen molar-refractivity contribution in [1.29, 1.82) is 0 Å². The largest absolute Gasteiger partial charge is 0.285 e. The summed E-state index contributed by atoms with van der Waals surface area (Å²) in [7, 11) is 0. The van der Waals surface area contributed by atoms with Crippen LogP contribution >= 0.6 is 0 Å². The Kier molecular flexibility index (Phi) is 8.09. The highest BCUT2D eigenvalue weighted by molar-refractivity contribution is 5.72. The van der Waals surface area contributed by atoms with Crippen LogP contribution in [0.25, 0.3) is 0 Å². The van der Waals surface area contributed by atoms with Crippen molar-refractivity contribution in [2.24, 2.45) is 0 Å². The van der Waals surface area contributed by atoms with Gasteiger partial charge in [-0.25, -0.2) is 0 Å². The van der Waals surface area contributed by atoms with Crippen LogP contribution in [0.4, 0.5) is 0 Å². The molecule has 12 heavy (non-hydrogen) atoms. The molecule has 0 aliphatic rings. The van der Waals surface area contributed by atoms with Gasteiger partial charge in [0.05, 0.1) is 0 Å². The van der Waals surface area contributed by atoms with Crippen LogP contribution in [0.1, 0.15) is 52.4 Å². The van der Waals surface area contributed by atoms with Gasteiger partial charge in [0.15, 0.2) is 0 Å². The van der Waals surface area contributed by atoms with Crippen molar-refractivity contribution < 1.29 is 4.79 Å². The van der Waals surface area contributed by atoms with Crippen molar-refractivity contribution >= 4 is 6.29 Å². The van der Waals surface area contributed by atoms with Gasteiger partial charge in [-0.3, -0.25) is 4.79 Å². The highest BCUT2D eigenvalue weighted by Gasteiger charge is 1.88. The Morgan fingerprint density at radius 1 is 1.25 bits per heavy atom. The van der Waals surface area contributed by atoms with Crippen LogP contribution in [0.5, 0.6) is 0 Å². The van der Waals surface area contributed by atoms with Gasteiger partial charge in [0, 0.05) is 0 Å². The highest BCUT2D eigenvalue weighted by atomic mass is 16.1. The van der Waals surface area contributed by atoms with Crippen LogP contribution in [0, 0.1) is 0 Å². The molecule has 1 nitrogen and oxygen atoms in total. The van der Waals surface area contributed by atoms with Crippen molar-refractivity contribution in [3.05, 3.63) is 11.6 Å². The van der Waals surface area contributed by atoms with Crippen LogP contribution < -0.4 is 0 Å². The summed E-state index contributed by atoms with van der Waals surface area (Å²) >= 11 is 0. The molecule has 0 saturated heterocycles. The number of rotatable bonds is 7. The molecular weight excluding hydrogens is 148 g/mol. The van der Waals surface area contributed by atoms with Crippen molar-refractivity contribution in [3.63, 3.8) is 0 Å². The Balaban J connectivity index is 3.15. The van der Waals surface area contributed by atoms with E-state index in [4.69, 9.17) is 0 Å². The van der Waals surface area contributed by atoms with Crippen LogP contribution in [0.3, 0.4) is 0 Å². The molecule has 1 radical (unpaired) electrons. The van der Waals surface area contributed by atoms with Crippen LogP contribution in [0.15, 0.2) is 11.6 Å². The number of unbranched alkanes of at least 4 members (excludes halogenated alkanes) is 5. The Bertz CT molecular complexity index is 136. The van der Waals surface area contributed by atoms with Gasteiger partial charge >= 0.3 is 0 Å². The fourth-order valence-corrected chi connectivity index (χ4v) is 1.11. The maximum absolute atomic E-state index is 10.1. The zero-order valence-corrected chi connectivity index (χ0v) is 8.23. The van der Waals surface area contributed by atoms with Gasteiger partial charge in [-0.15, -0.1) is 0 Å². The summed E-state index contributed by atoms with van der Waals surface area (Å²) in [4.78, 5) is 10.1. The molecule has 0 saturated carbocycles. The maximum atomic E-state index is 10.1. The molecular formula is C11H19O. The van der Waals surface area contributed by atoms with Crippen LogP contribution in [0.2, 0.25) is 0 Å². The summed E-state index contributed by atoms with van der Waals surface area (Å²) in [6, 6.07) is 0. The summed E-state index contributed by atoms with van der Waals surface area (Å²) in [6.07, 6.45) is 11.3. The third-order valence-corrected chi connectivity index (χ3v) is 1.92. The van der Waals surface area contributed by atoms with E-state index in [0.717, 1.165) is 12.0 Å². The molecule has 0 aromatic heterocycles. The SMILES string of the molecule is CCCCCCCC=C(C)[C]=O. The molecule has 0 rings (SSSR count). The maximum Gasteiger partial charge on any atom is 0.228 e. The second-order valence-corrected chi connectivity index (χ2v) is 3.19. The summed E-state index contributed by atoms with van der Waals surface area (Å²) < 4.78 is 0. The Hall–Kier alpha value is -0.590. The normalized spacial score (nSPS) is 11.7. The van der Waals surface area contributed by atoms with E-state index in [2.05, 4.69) is 6.92 Å². The smallest absolute Gasteiger partial charge is 0.228 e. The van der Waals surface area contributed by atoms with Crippen molar-refractivity contribution in [2.75, 3.05) is 0 Å². The summed E-state index contributed by atoms with van der Waals surface area (Å²) in [6.45, 7) is 4.02. The van der Waals surface area contributed by atoms with Gasteiger partial charge in [-0.05, 0) is 25.3 Å². The predicted octanol–water partition coefficient (Wildman–Crippen LogP) is 3.40. The first kappa shape index (κ1) is 11.4. The van der Waals surface area contributed by atoms with E-state index in [9.17, 15) is 4.79 Å². The lowest BCUT2D eigenvalue weighted by Crippen LogP contribution is -1.79. The van der Waals surface area contributed by atoms with Crippen LogP contribution in [-0.4, -0.2) is 6.29 Å². The molecule has 0 aromatic carbocycles. The first-order chi connectivity index (χ1) is 5.81. The second-order valence-electron chi connectivity index (χ2n) is 3.19. The molecule has 0 atom stereocenters. The monoisotopic (exact) mass is 167 g/mol. The fraction of sp³-hybridized carbons (Fsp3) is 0.727. The average molecular weight is 167 g/mol. The number of carbonyl (C=O) groups excluding carboxylic acids is 1. The second kappa shape index (κ2) is 8.51. The lowest BCUT2D eigenvalue weighted by molar-refractivity contribution is 0.561. The molecule has 1 heteroatoms. The van der Waals surface area contributed by atoms with E-state index in [0.29, 0.717) is 0 Å². The molecule has 0 spiro atoms. The van der Waals surface area contributed by atoms with E-state index >= 15 is 0 Å². The van der Waals surface area contributed by atoms with E-state index in [1.165, 1.54) is 32.1 Å². The molecule has 0 bridgehead atoms. The molecule has 0 aliphatic heterocycles. The van der Waals surface area contributed by atoms with Crippen molar-refractivity contribution in [1.82, 2.24) is 0 Å². The van der Waals surface area contributed by atoms with Gasteiger partial charge < -0.3 is 0 Å².